The van der Waals surface area contributed by atoms with Gasteiger partial charge < -0.3 is 9.84 Å². The minimum absolute atomic E-state index is 0.110. The summed E-state index contributed by atoms with van der Waals surface area (Å²) in [4.78, 5) is 0. The van der Waals surface area contributed by atoms with Crippen molar-refractivity contribution in [1.29, 1.82) is 0 Å². The van der Waals surface area contributed by atoms with Gasteiger partial charge in [-0.05, 0) is 91.9 Å². The summed E-state index contributed by atoms with van der Waals surface area (Å²) in [6.45, 7) is 8.72. The molecule has 1 aromatic carbocycles. The maximum absolute atomic E-state index is 10.9. The standard InChI is InChI=1S/C22H30O2/c1-4-13-24-16-6-8-17-15(14-16)5-7-19-18(17)9-11-21(2)20(19)10-12-22(21,3)23/h4,6,8,14,18-20,23H,1,5,7,9-13H2,2-3H3. The molecule has 0 spiro atoms. The smallest absolute Gasteiger partial charge is 0.120 e. The monoisotopic (exact) mass is 326 g/mol. The quantitative estimate of drug-likeness (QED) is 0.804. The van der Waals surface area contributed by atoms with Crippen LogP contribution in [0.5, 0.6) is 5.75 Å². The average Bonchev–Trinajstić information content (AvgIpc) is 2.82. The molecule has 2 heteroatoms. The van der Waals surface area contributed by atoms with Gasteiger partial charge in [-0.2, -0.15) is 0 Å². The van der Waals surface area contributed by atoms with Crippen molar-refractivity contribution in [3.8, 4) is 5.75 Å². The molecule has 3 aliphatic rings. The molecule has 5 unspecified atom stereocenters. The highest BCUT2D eigenvalue weighted by Gasteiger charge is 2.59. The molecule has 1 aromatic rings. The van der Waals surface area contributed by atoms with Gasteiger partial charge in [0.15, 0.2) is 0 Å². The Hall–Kier alpha value is -1.28. The van der Waals surface area contributed by atoms with E-state index in [9.17, 15) is 5.11 Å². The zero-order valence-corrected chi connectivity index (χ0v) is 15.1. The number of aryl methyl sites for hydroxylation is 1. The molecule has 0 amide bonds. The minimum Gasteiger partial charge on any atom is -0.490 e. The molecule has 0 aliphatic heterocycles. The molecule has 2 fully saturated rings. The SMILES string of the molecule is C=CCOc1ccc2c(c1)CCC1C2CCC2(C)C1CCC2(C)O. The number of ether oxygens (including phenoxy) is 1. The van der Waals surface area contributed by atoms with E-state index in [0.717, 1.165) is 30.9 Å². The van der Waals surface area contributed by atoms with Crippen LogP contribution in [0.25, 0.3) is 0 Å². The van der Waals surface area contributed by atoms with Gasteiger partial charge in [-0.1, -0.05) is 25.6 Å². The summed E-state index contributed by atoms with van der Waals surface area (Å²) < 4.78 is 5.72. The van der Waals surface area contributed by atoms with Gasteiger partial charge in [0.25, 0.3) is 0 Å². The first kappa shape index (κ1) is 16.2. The summed E-state index contributed by atoms with van der Waals surface area (Å²) in [6.07, 6.45) is 8.74. The fraction of sp³-hybridized carbons (Fsp3) is 0.636. The lowest BCUT2D eigenvalue weighted by molar-refractivity contribution is -0.0901. The van der Waals surface area contributed by atoms with Crippen molar-refractivity contribution in [2.24, 2.45) is 17.3 Å². The number of rotatable bonds is 3. The third-order valence-corrected chi connectivity index (χ3v) is 7.63. The van der Waals surface area contributed by atoms with Gasteiger partial charge in [-0.25, -0.2) is 0 Å². The molecule has 4 rings (SSSR count). The van der Waals surface area contributed by atoms with Crippen LogP contribution in [-0.4, -0.2) is 17.3 Å². The predicted octanol–water partition coefficient (Wildman–Crippen LogP) is 4.86. The Morgan fingerprint density at radius 3 is 2.88 bits per heavy atom. The number of hydrogen-bond donors (Lipinski definition) is 1. The minimum atomic E-state index is -0.481. The Kier molecular flexibility index (Phi) is 3.80. The second-order valence-electron chi connectivity index (χ2n) is 8.64. The van der Waals surface area contributed by atoms with E-state index in [1.165, 1.54) is 24.8 Å². The number of fused-ring (bicyclic) bond motifs is 5. The van der Waals surface area contributed by atoms with E-state index in [1.54, 1.807) is 11.6 Å². The molecule has 2 nitrogen and oxygen atoms in total. The van der Waals surface area contributed by atoms with Crippen LogP contribution in [0, 0.1) is 17.3 Å². The van der Waals surface area contributed by atoms with Crippen LogP contribution in [-0.2, 0) is 6.42 Å². The third kappa shape index (κ3) is 2.26. The first-order valence-corrected chi connectivity index (χ1v) is 9.55. The fourth-order valence-electron chi connectivity index (χ4n) is 6.05. The number of benzene rings is 1. The zero-order valence-electron chi connectivity index (χ0n) is 15.1. The molecule has 24 heavy (non-hydrogen) atoms. The van der Waals surface area contributed by atoms with Crippen LogP contribution in [0.4, 0.5) is 0 Å². The van der Waals surface area contributed by atoms with Crippen molar-refractivity contribution in [1.82, 2.24) is 0 Å². The van der Waals surface area contributed by atoms with E-state index < -0.39 is 5.60 Å². The molecule has 0 bridgehead atoms. The Morgan fingerprint density at radius 1 is 1.25 bits per heavy atom. The van der Waals surface area contributed by atoms with Crippen molar-refractivity contribution in [2.75, 3.05) is 6.61 Å². The highest BCUT2D eigenvalue weighted by atomic mass is 16.5. The first-order valence-electron chi connectivity index (χ1n) is 9.55. The summed E-state index contributed by atoms with van der Waals surface area (Å²) in [6, 6.07) is 6.68. The highest BCUT2D eigenvalue weighted by Crippen LogP contribution is 2.64. The molecule has 1 N–H and O–H groups in total. The van der Waals surface area contributed by atoms with Gasteiger partial charge >= 0.3 is 0 Å². The summed E-state index contributed by atoms with van der Waals surface area (Å²) in [5.41, 5.74) is 2.65. The van der Waals surface area contributed by atoms with E-state index in [1.807, 2.05) is 0 Å². The van der Waals surface area contributed by atoms with E-state index in [2.05, 4.69) is 38.6 Å². The van der Waals surface area contributed by atoms with E-state index in [-0.39, 0.29) is 5.41 Å². The summed E-state index contributed by atoms with van der Waals surface area (Å²) >= 11 is 0. The molecular formula is C22H30O2. The Bertz CT molecular complexity index is 647. The van der Waals surface area contributed by atoms with Gasteiger partial charge in [-0.3, -0.25) is 0 Å². The van der Waals surface area contributed by atoms with Crippen LogP contribution in [0.1, 0.15) is 63.0 Å². The van der Waals surface area contributed by atoms with Crippen molar-refractivity contribution in [3.05, 3.63) is 42.0 Å². The van der Waals surface area contributed by atoms with Gasteiger partial charge in [-0.15, -0.1) is 0 Å². The predicted molar refractivity (Wildman–Crippen MR) is 97.4 cm³/mol. The normalized spacial score (nSPS) is 40.4. The van der Waals surface area contributed by atoms with E-state index in [4.69, 9.17) is 4.74 Å². The largest absolute Gasteiger partial charge is 0.490 e. The second-order valence-corrected chi connectivity index (χ2v) is 8.64. The third-order valence-electron chi connectivity index (χ3n) is 7.63. The lowest BCUT2D eigenvalue weighted by atomic mass is 9.53. The fourth-order valence-corrected chi connectivity index (χ4v) is 6.05. The molecule has 0 aromatic heterocycles. The molecule has 130 valence electrons. The molecule has 5 atom stereocenters. The molecule has 0 saturated heterocycles. The number of aliphatic hydroxyl groups is 1. The topological polar surface area (TPSA) is 29.5 Å². The van der Waals surface area contributed by atoms with Gasteiger partial charge in [0.1, 0.15) is 12.4 Å². The Morgan fingerprint density at radius 2 is 2.08 bits per heavy atom. The van der Waals surface area contributed by atoms with Crippen LogP contribution in [0.15, 0.2) is 30.9 Å². The van der Waals surface area contributed by atoms with E-state index in [0.29, 0.717) is 18.4 Å². The number of hydrogen-bond acceptors (Lipinski definition) is 2. The molecule has 3 aliphatic carbocycles. The molecule has 0 radical (unpaired) electrons. The van der Waals surface area contributed by atoms with Gasteiger partial charge in [0.05, 0.1) is 5.60 Å². The summed E-state index contributed by atoms with van der Waals surface area (Å²) in [7, 11) is 0. The average molecular weight is 326 g/mol. The molecule has 0 heterocycles. The van der Waals surface area contributed by atoms with Crippen LogP contribution < -0.4 is 4.74 Å². The lowest BCUT2D eigenvalue weighted by Crippen LogP contribution is -2.49. The summed E-state index contributed by atoms with van der Waals surface area (Å²) in [5.74, 6) is 3.06. The van der Waals surface area contributed by atoms with Crippen molar-refractivity contribution >= 4 is 0 Å². The zero-order chi connectivity index (χ0) is 16.9. The Labute approximate surface area is 145 Å². The lowest BCUT2D eigenvalue weighted by Gasteiger charge is -2.52. The maximum Gasteiger partial charge on any atom is 0.120 e. The van der Waals surface area contributed by atoms with Gasteiger partial charge in [0.2, 0.25) is 0 Å². The van der Waals surface area contributed by atoms with Crippen molar-refractivity contribution in [3.63, 3.8) is 0 Å². The maximum atomic E-state index is 10.9. The second kappa shape index (κ2) is 5.62. The molecule has 2 saturated carbocycles. The summed E-state index contributed by atoms with van der Waals surface area (Å²) in [5, 5.41) is 10.9. The Balaban J connectivity index is 1.62. The highest BCUT2D eigenvalue weighted by molar-refractivity contribution is 5.41. The van der Waals surface area contributed by atoms with Crippen LogP contribution >= 0.6 is 0 Å². The van der Waals surface area contributed by atoms with E-state index >= 15 is 0 Å². The van der Waals surface area contributed by atoms with Crippen molar-refractivity contribution < 1.29 is 9.84 Å². The van der Waals surface area contributed by atoms with Crippen molar-refractivity contribution in [2.45, 2.75) is 63.9 Å². The van der Waals surface area contributed by atoms with Gasteiger partial charge in [0, 0.05) is 0 Å². The molecular weight excluding hydrogens is 296 g/mol. The van der Waals surface area contributed by atoms with Crippen LogP contribution in [0.3, 0.4) is 0 Å². The first-order chi connectivity index (χ1) is 11.5. The van der Waals surface area contributed by atoms with Crippen LogP contribution in [0.2, 0.25) is 0 Å².